The zero-order valence-corrected chi connectivity index (χ0v) is 11.2. The average Bonchev–Trinajstić information content (AvgIpc) is 2.15. The van der Waals surface area contributed by atoms with Gasteiger partial charge in [0.05, 0.1) is 6.61 Å². The smallest absolute Gasteiger partial charge is 0.0615 e. The number of likely N-dealkylation sites (N-methyl/N-ethyl adjacent to an activating group) is 1. The summed E-state index contributed by atoms with van der Waals surface area (Å²) in [4.78, 5) is 2.34. The number of ether oxygens (including phenoxy) is 1. The lowest BCUT2D eigenvalue weighted by molar-refractivity contribution is 0.0362. The summed E-state index contributed by atoms with van der Waals surface area (Å²) in [5.74, 6) is 0.663. The molecule has 0 bridgehead atoms. The van der Waals surface area contributed by atoms with Crippen molar-refractivity contribution in [3.8, 4) is 0 Å². The van der Waals surface area contributed by atoms with E-state index in [0.29, 0.717) is 18.5 Å². The summed E-state index contributed by atoms with van der Waals surface area (Å²) in [5, 5.41) is 0. The quantitative estimate of drug-likeness (QED) is 0.704. The number of hydrogen-bond acceptors (Lipinski definition) is 3. The Morgan fingerprint density at radius 1 is 1.33 bits per heavy atom. The highest BCUT2D eigenvalue weighted by Gasteiger charge is 2.31. The lowest BCUT2D eigenvalue weighted by Gasteiger charge is -2.42. The van der Waals surface area contributed by atoms with E-state index in [-0.39, 0.29) is 5.54 Å². The van der Waals surface area contributed by atoms with Gasteiger partial charge >= 0.3 is 0 Å². The Morgan fingerprint density at radius 3 is 2.20 bits per heavy atom. The van der Waals surface area contributed by atoms with E-state index in [0.717, 1.165) is 13.0 Å². The SMILES string of the molecule is COCC(C)N(C)C(C)(CN)CC(C)C. The van der Waals surface area contributed by atoms with Crippen molar-refractivity contribution in [1.82, 2.24) is 4.90 Å². The topological polar surface area (TPSA) is 38.5 Å². The van der Waals surface area contributed by atoms with Gasteiger partial charge in [-0.25, -0.2) is 0 Å². The Balaban J connectivity index is 4.48. The molecule has 92 valence electrons. The normalized spacial score (nSPS) is 18.2. The Bertz CT molecular complexity index is 173. The second kappa shape index (κ2) is 6.46. The van der Waals surface area contributed by atoms with E-state index in [4.69, 9.17) is 10.5 Å². The van der Waals surface area contributed by atoms with Crippen molar-refractivity contribution in [3.05, 3.63) is 0 Å². The van der Waals surface area contributed by atoms with Gasteiger partial charge in [-0.2, -0.15) is 0 Å². The third kappa shape index (κ3) is 4.49. The molecule has 3 nitrogen and oxygen atoms in total. The molecular weight excluding hydrogens is 188 g/mol. The number of methoxy groups -OCH3 is 1. The molecular formula is C12H28N2O. The van der Waals surface area contributed by atoms with Crippen LogP contribution in [0.15, 0.2) is 0 Å². The van der Waals surface area contributed by atoms with Gasteiger partial charge in [-0.3, -0.25) is 4.90 Å². The third-order valence-electron chi connectivity index (χ3n) is 3.21. The molecule has 2 N–H and O–H groups in total. The molecule has 0 aliphatic carbocycles. The molecule has 0 aromatic rings. The maximum atomic E-state index is 5.91. The van der Waals surface area contributed by atoms with E-state index in [2.05, 4.69) is 39.6 Å². The molecule has 0 aromatic carbocycles. The minimum Gasteiger partial charge on any atom is -0.383 e. The standard InChI is InChI=1S/C12H28N2O/c1-10(2)7-12(4,9-13)14(5)11(3)8-15-6/h10-11H,7-9,13H2,1-6H3. The van der Waals surface area contributed by atoms with Gasteiger partial charge in [0.1, 0.15) is 0 Å². The van der Waals surface area contributed by atoms with Gasteiger partial charge in [0.25, 0.3) is 0 Å². The molecule has 0 aliphatic rings. The first-order valence-electron chi connectivity index (χ1n) is 5.79. The Kier molecular flexibility index (Phi) is 6.41. The molecule has 0 rings (SSSR count). The van der Waals surface area contributed by atoms with Gasteiger partial charge in [0.15, 0.2) is 0 Å². The lowest BCUT2D eigenvalue weighted by Crippen LogP contribution is -2.54. The van der Waals surface area contributed by atoms with E-state index in [1.165, 1.54) is 0 Å². The highest BCUT2D eigenvalue weighted by molar-refractivity contribution is 4.89. The second-order valence-electron chi connectivity index (χ2n) is 5.21. The first-order valence-corrected chi connectivity index (χ1v) is 5.79. The van der Waals surface area contributed by atoms with Gasteiger partial charge in [-0.05, 0) is 33.2 Å². The molecule has 15 heavy (non-hydrogen) atoms. The van der Waals surface area contributed by atoms with E-state index >= 15 is 0 Å². The van der Waals surface area contributed by atoms with Crippen LogP contribution in [0.5, 0.6) is 0 Å². The predicted octanol–water partition coefficient (Wildman–Crippen LogP) is 1.72. The monoisotopic (exact) mass is 216 g/mol. The molecule has 0 fully saturated rings. The second-order valence-corrected chi connectivity index (χ2v) is 5.21. The van der Waals surface area contributed by atoms with Crippen LogP contribution in [0.2, 0.25) is 0 Å². The van der Waals surface area contributed by atoms with Crippen molar-refractivity contribution in [1.29, 1.82) is 0 Å². The molecule has 0 amide bonds. The summed E-state index contributed by atoms with van der Waals surface area (Å²) < 4.78 is 5.19. The minimum atomic E-state index is 0.0755. The number of nitrogens with two attached hydrogens (primary N) is 1. The Morgan fingerprint density at radius 2 is 1.87 bits per heavy atom. The van der Waals surface area contributed by atoms with Gasteiger partial charge in [-0.15, -0.1) is 0 Å². The Hall–Kier alpha value is -0.120. The number of hydrogen-bond donors (Lipinski definition) is 1. The van der Waals surface area contributed by atoms with Gasteiger partial charge < -0.3 is 10.5 Å². The van der Waals surface area contributed by atoms with Crippen LogP contribution in [0.4, 0.5) is 0 Å². The molecule has 0 aliphatic heterocycles. The molecule has 3 heteroatoms. The zero-order valence-electron chi connectivity index (χ0n) is 11.2. The zero-order chi connectivity index (χ0) is 12.1. The minimum absolute atomic E-state index is 0.0755. The van der Waals surface area contributed by atoms with Crippen molar-refractivity contribution in [2.24, 2.45) is 11.7 Å². The number of nitrogens with zero attached hydrogens (tertiary/aromatic N) is 1. The van der Waals surface area contributed by atoms with Gasteiger partial charge in [0.2, 0.25) is 0 Å². The lowest BCUT2D eigenvalue weighted by atomic mass is 9.88. The van der Waals surface area contributed by atoms with Crippen LogP contribution in [0.25, 0.3) is 0 Å². The Labute approximate surface area is 95.0 Å². The first kappa shape index (κ1) is 14.9. The molecule has 0 heterocycles. The molecule has 0 spiro atoms. The maximum absolute atomic E-state index is 5.91. The van der Waals surface area contributed by atoms with Crippen molar-refractivity contribution in [2.75, 3.05) is 27.3 Å². The fourth-order valence-electron chi connectivity index (χ4n) is 2.14. The van der Waals surface area contributed by atoms with Crippen molar-refractivity contribution < 1.29 is 4.74 Å². The van der Waals surface area contributed by atoms with Crippen LogP contribution in [0.1, 0.15) is 34.1 Å². The predicted molar refractivity (Wildman–Crippen MR) is 66.0 cm³/mol. The number of rotatable bonds is 7. The van der Waals surface area contributed by atoms with Crippen LogP contribution in [-0.4, -0.2) is 43.8 Å². The summed E-state index contributed by atoms with van der Waals surface area (Å²) in [6.07, 6.45) is 1.12. The molecule has 0 aromatic heterocycles. The molecule has 0 saturated carbocycles. The van der Waals surface area contributed by atoms with Crippen molar-refractivity contribution >= 4 is 0 Å². The van der Waals surface area contributed by atoms with E-state index in [9.17, 15) is 0 Å². The van der Waals surface area contributed by atoms with Crippen LogP contribution in [0.3, 0.4) is 0 Å². The van der Waals surface area contributed by atoms with Gasteiger partial charge in [-0.1, -0.05) is 13.8 Å². The summed E-state index contributed by atoms with van der Waals surface area (Å²) in [6, 6.07) is 0.405. The molecule has 0 radical (unpaired) electrons. The van der Waals surface area contributed by atoms with Gasteiger partial charge in [0, 0.05) is 25.2 Å². The van der Waals surface area contributed by atoms with Crippen LogP contribution < -0.4 is 5.73 Å². The van der Waals surface area contributed by atoms with Crippen LogP contribution in [0, 0.1) is 5.92 Å². The molecule has 2 unspecified atom stereocenters. The van der Waals surface area contributed by atoms with E-state index in [1.54, 1.807) is 7.11 Å². The summed E-state index contributed by atoms with van der Waals surface area (Å²) >= 11 is 0. The van der Waals surface area contributed by atoms with Crippen molar-refractivity contribution in [2.45, 2.75) is 45.7 Å². The fraction of sp³-hybridized carbons (Fsp3) is 1.00. The first-order chi connectivity index (χ1) is 6.87. The largest absolute Gasteiger partial charge is 0.383 e. The maximum Gasteiger partial charge on any atom is 0.0615 e. The average molecular weight is 216 g/mol. The van der Waals surface area contributed by atoms with E-state index < -0.39 is 0 Å². The van der Waals surface area contributed by atoms with Crippen molar-refractivity contribution in [3.63, 3.8) is 0 Å². The van der Waals surface area contributed by atoms with E-state index in [1.807, 2.05) is 0 Å². The van der Waals surface area contributed by atoms with Crippen LogP contribution >= 0.6 is 0 Å². The molecule has 0 saturated heterocycles. The molecule has 2 atom stereocenters. The third-order valence-corrected chi connectivity index (χ3v) is 3.21. The fourth-order valence-corrected chi connectivity index (χ4v) is 2.14. The summed E-state index contributed by atoms with van der Waals surface area (Å²) in [5.41, 5.74) is 5.98. The summed E-state index contributed by atoms with van der Waals surface area (Å²) in [7, 11) is 3.88. The highest BCUT2D eigenvalue weighted by Crippen LogP contribution is 2.23. The summed E-state index contributed by atoms with van der Waals surface area (Å²) in [6.45, 7) is 10.3. The highest BCUT2D eigenvalue weighted by atomic mass is 16.5. The van der Waals surface area contributed by atoms with Crippen LogP contribution in [-0.2, 0) is 4.74 Å².